The van der Waals surface area contributed by atoms with Gasteiger partial charge in [-0.25, -0.2) is 0 Å². The zero-order valence-corrected chi connectivity index (χ0v) is 57.5. The van der Waals surface area contributed by atoms with Crippen molar-refractivity contribution < 1.29 is 0 Å². The van der Waals surface area contributed by atoms with Gasteiger partial charge in [-0.3, -0.25) is 0 Å². The van der Waals surface area contributed by atoms with Gasteiger partial charge in [0.2, 0.25) is 0 Å². The van der Waals surface area contributed by atoms with Gasteiger partial charge >= 0.3 is 0 Å². The molecule has 0 bridgehead atoms. The minimum Gasteiger partial charge on any atom is -0.313 e. The van der Waals surface area contributed by atoms with Crippen LogP contribution in [-0.4, -0.2) is 9.13 Å². The normalized spacial score (nSPS) is 12.7. The number of rotatable bonds is 14. The summed E-state index contributed by atoms with van der Waals surface area (Å²) in [5, 5.41) is 3.74. The lowest BCUT2D eigenvalue weighted by molar-refractivity contribution is 0.660. The monoisotopic (exact) mass is 1320 g/mol. The Labute approximate surface area is 601 Å². The second-order valence-corrected chi connectivity index (χ2v) is 27.9. The minimum absolute atomic E-state index is 0.126. The summed E-state index contributed by atoms with van der Waals surface area (Å²) >= 11 is 0. The van der Waals surface area contributed by atoms with E-state index in [9.17, 15) is 0 Å². The Balaban J connectivity index is 0.626. The summed E-state index contributed by atoms with van der Waals surface area (Å²) in [7, 11) is 0. The first-order chi connectivity index (χ1) is 50.8. The van der Waals surface area contributed by atoms with Crippen LogP contribution in [0.2, 0.25) is 0 Å². The molecule has 2 heterocycles. The van der Waals surface area contributed by atoms with Crippen LogP contribution in [0.15, 0.2) is 370 Å². The average Bonchev–Trinajstić information content (AvgIpc) is 1.61. The van der Waals surface area contributed by atoms with Crippen molar-refractivity contribution in [2.45, 2.75) is 32.1 Å². The van der Waals surface area contributed by atoms with Crippen LogP contribution in [0, 0.1) is 0 Å². The molecule has 0 fully saturated rings. The molecule has 103 heavy (non-hydrogen) atoms. The molecule has 0 N–H and O–H groups in total. The van der Waals surface area contributed by atoms with Gasteiger partial charge in [-0.05, 0) is 223 Å². The molecule has 0 amide bonds. The number of nitrogens with zero attached hydrogens (tertiary/aromatic N) is 4. The van der Waals surface area contributed by atoms with Gasteiger partial charge in [0.1, 0.15) is 0 Å². The summed E-state index contributed by atoms with van der Waals surface area (Å²) in [6, 6.07) is 134. The van der Waals surface area contributed by atoms with E-state index < -0.39 is 0 Å². The highest BCUT2D eigenvalue weighted by atomic mass is 15.1. The highest BCUT2D eigenvalue weighted by Gasteiger charge is 2.36. The smallest absolute Gasteiger partial charge is 0.0547 e. The van der Waals surface area contributed by atoms with E-state index >= 15 is 0 Å². The second-order valence-electron chi connectivity index (χ2n) is 27.9. The highest BCUT2D eigenvalue weighted by Crippen LogP contribution is 2.52. The number of aromatic nitrogens is 2. The van der Waals surface area contributed by atoms with Crippen LogP contribution in [-0.2, 0) is 11.8 Å². The molecule has 2 aromatic heterocycles. The van der Waals surface area contributed by atoms with Crippen molar-refractivity contribution in [3.63, 3.8) is 0 Å². The molecule has 488 valence electrons. The fourth-order valence-electron chi connectivity index (χ4n) is 16.5. The van der Waals surface area contributed by atoms with E-state index in [4.69, 9.17) is 0 Å². The van der Waals surface area contributed by atoms with Crippen LogP contribution in [0.1, 0.15) is 42.7 Å². The SMILES string of the molecule is CC1(C)c2ccccc2-c2ccc(N(c3ccc(-c4ccccc4)cc3)c3ccc(-c4ccc5c(c4)c4c(n5-c5cccc(-c6cccc7c6c6ccccc6n7-c6ccc(-c7ccc(N(c8ccc(-c9ccccc9)cc8)c8ccc(-c9ccccc9)cc8)cc7)cc6)c5)CCC=C4)cc3)cc21. The van der Waals surface area contributed by atoms with Crippen LogP contribution >= 0.6 is 0 Å². The van der Waals surface area contributed by atoms with Crippen LogP contribution < -0.4 is 9.80 Å². The molecule has 4 nitrogen and oxygen atoms in total. The summed E-state index contributed by atoms with van der Waals surface area (Å²) < 4.78 is 4.98. The molecule has 2 aliphatic rings. The van der Waals surface area contributed by atoms with Gasteiger partial charge in [0, 0.05) is 78.3 Å². The van der Waals surface area contributed by atoms with Gasteiger partial charge in [-0.1, -0.05) is 269 Å². The van der Waals surface area contributed by atoms with E-state index in [1.807, 2.05) is 0 Å². The van der Waals surface area contributed by atoms with E-state index in [2.05, 4.69) is 409 Å². The number of hydrogen-bond acceptors (Lipinski definition) is 2. The maximum Gasteiger partial charge on any atom is 0.0547 e. The van der Waals surface area contributed by atoms with Crippen molar-refractivity contribution in [1.29, 1.82) is 0 Å². The van der Waals surface area contributed by atoms with Crippen LogP contribution in [0.4, 0.5) is 34.1 Å². The number of benzene rings is 15. The molecule has 0 unspecified atom stereocenters. The van der Waals surface area contributed by atoms with E-state index in [0.29, 0.717) is 0 Å². The van der Waals surface area contributed by atoms with Crippen LogP contribution in [0.3, 0.4) is 0 Å². The first-order valence-electron chi connectivity index (χ1n) is 35.9. The molecule has 17 aromatic rings. The quantitative estimate of drug-likeness (QED) is 0.108. The van der Waals surface area contributed by atoms with E-state index in [0.717, 1.165) is 63.8 Å². The molecule has 15 aromatic carbocycles. The van der Waals surface area contributed by atoms with E-state index in [1.54, 1.807) is 0 Å². The fraction of sp³-hybridized carbons (Fsp3) is 0.0505. The Hall–Kier alpha value is -13.0. The number of para-hydroxylation sites is 1. The number of anilines is 6. The lowest BCUT2D eigenvalue weighted by Gasteiger charge is -2.28. The summed E-state index contributed by atoms with van der Waals surface area (Å²) in [4.78, 5) is 4.77. The number of allylic oxidation sites excluding steroid dienone is 1. The lowest BCUT2D eigenvalue weighted by Crippen LogP contribution is -2.16. The van der Waals surface area contributed by atoms with Gasteiger partial charge in [-0.15, -0.1) is 0 Å². The third-order valence-electron chi connectivity index (χ3n) is 21.6. The van der Waals surface area contributed by atoms with Gasteiger partial charge in [0.25, 0.3) is 0 Å². The molecule has 0 saturated heterocycles. The Morgan fingerprint density at radius 2 is 0.689 bits per heavy atom. The largest absolute Gasteiger partial charge is 0.313 e. The Morgan fingerprint density at radius 1 is 0.272 bits per heavy atom. The fourth-order valence-corrected chi connectivity index (χ4v) is 16.5. The summed E-state index contributed by atoms with van der Waals surface area (Å²) in [6.45, 7) is 4.73. The third-order valence-corrected chi connectivity index (χ3v) is 21.6. The molecule has 0 aliphatic heterocycles. The van der Waals surface area contributed by atoms with Gasteiger partial charge in [-0.2, -0.15) is 0 Å². The first-order valence-corrected chi connectivity index (χ1v) is 35.9. The van der Waals surface area contributed by atoms with Crippen LogP contribution in [0.25, 0.3) is 128 Å². The average molecular weight is 1320 g/mol. The lowest BCUT2D eigenvalue weighted by atomic mass is 9.82. The highest BCUT2D eigenvalue weighted by molar-refractivity contribution is 6.16. The van der Waals surface area contributed by atoms with Gasteiger partial charge in [0.05, 0.1) is 16.6 Å². The minimum atomic E-state index is -0.126. The molecular formula is C99H72N4. The molecular weight excluding hydrogens is 1250 g/mol. The Morgan fingerprint density at radius 3 is 1.26 bits per heavy atom. The predicted molar refractivity (Wildman–Crippen MR) is 435 cm³/mol. The van der Waals surface area contributed by atoms with E-state index in [1.165, 1.54) is 128 Å². The first kappa shape index (κ1) is 61.1. The summed E-state index contributed by atoms with van der Waals surface area (Å²) in [5.41, 5.74) is 34.7. The maximum atomic E-state index is 2.53. The van der Waals surface area contributed by atoms with Crippen molar-refractivity contribution in [3.8, 4) is 89.3 Å². The standard InChI is InChI=1S/C99H72N4/c1-99(2)92-32-15-12-28-87(92)88-62-61-85(66-93(88)99)101(81-55-40-72(41-56-81)69-24-10-5-11-25-69)82-57-46-75(47-58-82)76-48-63-96-91(65-76)89-29-13-16-33-94(89)103(96)84-27-18-26-77(64-84)86-31-19-35-97-98(86)90-30-14-17-34-95(90)102(97)83-59-44-74(45-60-83)73-42-53-80(54-43-73)100(78-49-36-70(37-50-78)67-20-6-3-7-21-67)79-51-38-71(39-52-79)68-22-8-4-9-23-68/h3-15,17-32,34-66H,16,33H2,1-2H3. The zero-order valence-electron chi connectivity index (χ0n) is 57.5. The molecule has 2 aliphatic carbocycles. The topological polar surface area (TPSA) is 16.3 Å². The van der Waals surface area contributed by atoms with Crippen molar-refractivity contribution >= 4 is 72.9 Å². The maximum absolute atomic E-state index is 2.53. The van der Waals surface area contributed by atoms with Crippen molar-refractivity contribution in [2.24, 2.45) is 0 Å². The van der Waals surface area contributed by atoms with Gasteiger partial charge < -0.3 is 18.9 Å². The van der Waals surface area contributed by atoms with Crippen molar-refractivity contribution in [3.05, 3.63) is 392 Å². The molecule has 0 radical (unpaired) electrons. The Kier molecular flexibility index (Phi) is 15.0. The van der Waals surface area contributed by atoms with Gasteiger partial charge in [0.15, 0.2) is 0 Å². The molecule has 4 heteroatoms. The zero-order chi connectivity index (χ0) is 68.5. The van der Waals surface area contributed by atoms with Crippen molar-refractivity contribution in [2.75, 3.05) is 9.80 Å². The second kappa shape index (κ2) is 25.3. The molecule has 0 atom stereocenters. The molecule has 0 saturated carbocycles. The third kappa shape index (κ3) is 10.8. The predicted octanol–water partition coefficient (Wildman–Crippen LogP) is 26.9. The molecule has 19 rings (SSSR count). The molecule has 0 spiro atoms. The van der Waals surface area contributed by atoms with Crippen molar-refractivity contribution in [1.82, 2.24) is 9.13 Å². The number of fused-ring (bicyclic) bond motifs is 9. The van der Waals surface area contributed by atoms with E-state index in [-0.39, 0.29) is 5.41 Å². The number of hydrogen-bond donors (Lipinski definition) is 0. The summed E-state index contributed by atoms with van der Waals surface area (Å²) in [6.07, 6.45) is 6.67. The Bertz CT molecular complexity index is 5980. The summed E-state index contributed by atoms with van der Waals surface area (Å²) in [5.74, 6) is 0. The van der Waals surface area contributed by atoms with Crippen LogP contribution in [0.5, 0.6) is 0 Å².